The summed E-state index contributed by atoms with van der Waals surface area (Å²) < 4.78 is 46.2. The third-order valence-corrected chi connectivity index (χ3v) is 10.3. The second kappa shape index (κ2) is 17.9. The summed E-state index contributed by atoms with van der Waals surface area (Å²) in [5, 5.41) is 11.1. The molecule has 10 heteroatoms. The molecule has 0 spiro atoms. The second-order valence-electron chi connectivity index (χ2n) is 13.0. The molecule has 1 aliphatic heterocycles. The molecular formula is C42H47N3O6S. The van der Waals surface area contributed by atoms with Gasteiger partial charge in [0.2, 0.25) is 0 Å². The lowest BCUT2D eigenvalue weighted by Gasteiger charge is -2.47. The van der Waals surface area contributed by atoms with Gasteiger partial charge in [0.25, 0.3) is 10.0 Å². The van der Waals surface area contributed by atoms with E-state index in [0.29, 0.717) is 43.5 Å². The lowest BCUT2D eigenvalue weighted by atomic mass is 10.0. The van der Waals surface area contributed by atoms with Crippen LogP contribution in [0.3, 0.4) is 0 Å². The highest BCUT2D eigenvalue weighted by Crippen LogP contribution is 2.28. The van der Waals surface area contributed by atoms with Gasteiger partial charge in [0.15, 0.2) is 0 Å². The minimum absolute atomic E-state index is 0.167. The highest BCUT2D eigenvalue weighted by Gasteiger charge is 2.33. The predicted molar refractivity (Wildman–Crippen MR) is 206 cm³/mol. The summed E-state index contributed by atoms with van der Waals surface area (Å²) in [5.41, 5.74) is 3.78. The highest BCUT2D eigenvalue weighted by molar-refractivity contribution is 7.92. The maximum Gasteiger partial charge on any atom is 0.261 e. The Morgan fingerprint density at radius 1 is 0.750 bits per heavy atom. The summed E-state index contributed by atoms with van der Waals surface area (Å²) >= 11 is 0. The van der Waals surface area contributed by atoms with E-state index in [-0.39, 0.29) is 17.5 Å². The maximum absolute atomic E-state index is 13.0. The van der Waals surface area contributed by atoms with Crippen LogP contribution in [0, 0.1) is 0 Å². The van der Waals surface area contributed by atoms with Crippen LogP contribution < -0.4 is 23.8 Å². The molecular weight excluding hydrogens is 675 g/mol. The molecule has 0 radical (unpaired) electrons. The molecule has 1 saturated heterocycles. The Morgan fingerprint density at radius 2 is 1.33 bits per heavy atom. The molecule has 0 bridgehead atoms. The van der Waals surface area contributed by atoms with Gasteiger partial charge in [-0.3, -0.25) is 9.62 Å². The fourth-order valence-electron chi connectivity index (χ4n) is 5.95. The molecule has 5 aromatic rings. The van der Waals surface area contributed by atoms with Gasteiger partial charge in [0, 0.05) is 43.6 Å². The van der Waals surface area contributed by atoms with Crippen molar-refractivity contribution in [2.24, 2.45) is 0 Å². The van der Waals surface area contributed by atoms with Crippen LogP contribution >= 0.6 is 0 Å². The molecule has 0 aliphatic carbocycles. The van der Waals surface area contributed by atoms with Crippen molar-refractivity contribution in [3.8, 4) is 17.2 Å². The van der Waals surface area contributed by atoms with Crippen LogP contribution in [0.4, 0.5) is 11.4 Å². The number of ether oxygens (including phenoxy) is 3. The van der Waals surface area contributed by atoms with Gasteiger partial charge >= 0.3 is 0 Å². The summed E-state index contributed by atoms with van der Waals surface area (Å²) in [6.07, 6.45) is 1.29. The third-order valence-electron chi connectivity index (χ3n) is 8.95. The minimum Gasteiger partial charge on any atom is -0.494 e. The first-order valence-corrected chi connectivity index (χ1v) is 19.3. The fourth-order valence-corrected chi connectivity index (χ4v) is 7.01. The zero-order chi connectivity index (χ0) is 36.2. The third kappa shape index (κ3) is 10.5. The van der Waals surface area contributed by atoms with Crippen LogP contribution in [0.25, 0.3) is 0 Å². The van der Waals surface area contributed by atoms with Crippen molar-refractivity contribution in [3.63, 3.8) is 0 Å². The molecule has 0 unspecified atom stereocenters. The zero-order valence-electron chi connectivity index (χ0n) is 29.5. The van der Waals surface area contributed by atoms with Crippen LogP contribution in [-0.4, -0.2) is 63.4 Å². The van der Waals surface area contributed by atoms with Gasteiger partial charge in [-0.25, -0.2) is 8.42 Å². The van der Waals surface area contributed by atoms with E-state index in [9.17, 15) is 13.5 Å². The van der Waals surface area contributed by atoms with E-state index in [1.165, 1.54) is 5.56 Å². The van der Waals surface area contributed by atoms with Crippen LogP contribution in [0.1, 0.15) is 30.9 Å². The lowest BCUT2D eigenvalue weighted by molar-refractivity contribution is 0.0419. The number of hydrogen-bond acceptors (Lipinski definition) is 8. The Balaban J connectivity index is 0.996. The van der Waals surface area contributed by atoms with Crippen molar-refractivity contribution in [1.29, 1.82) is 0 Å². The van der Waals surface area contributed by atoms with E-state index in [1.807, 2.05) is 84.9 Å². The Kier molecular flexibility index (Phi) is 12.7. The molecule has 1 heterocycles. The van der Waals surface area contributed by atoms with Gasteiger partial charge < -0.3 is 24.2 Å². The number of nitrogens with zero attached hydrogens (tertiary/aromatic N) is 2. The normalized spacial score (nSPS) is 13.7. The number of unbranched alkanes of at least 4 members (excludes halogenated alkanes) is 1. The van der Waals surface area contributed by atoms with E-state index >= 15 is 0 Å². The molecule has 2 N–H and O–H groups in total. The molecule has 9 nitrogen and oxygen atoms in total. The van der Waals surface area contributed by atoms with Crippen molar-refractivity contribution >= 4 is 21.4 Å². The molecule has 1 atom stereocenters. The van der Waals surface area contributed by atoms with E-state index in [4.69, 9.17) is 14.2 Å². The average molecular weight is 722 g/mol. The van der Waals surface area contributed by atoms with Crippen LogP contribution in [0.5, 0.6) is 17.2 Å². The number of hydrogen-bond donors (Lipinski definition) is 2. The minimum atomic E-state index is -3.74. The van der Waals surface area contributed by atoms with Gasteiger partial charge in [-0.2, -0.15) is 0 Å². The first-order valence-electron chi connectivity index (χ1n) is 17.8. The Hall–Kier alpha value is -5.03. The lowest BCUT2D eigenvalue weighted by Crippen LogP contribution is -2.60. The number of sulfonamides is 1. The number of rotatable bonds is 19. The van der Waals surface area contributed by atoms with Crippen LogP contribution in [-0.2, 0) is 23.2 Å². The van der Waals surface area contributed by atoms with E-state index in [0.717, 1.165) is 42.9 Å². The van der Waals surface area contributed by atoms with Crippen molar-refractivity contribution < 1.29 is 27.7 Å². The van der Waals surface area contributed by atoms with Crippen molar-refractivity contribution in [2.75, 3.05) is 42.5 Å². The van der Waals surface area contributed by atoms with Crippen LogP contribution in [0.2, 0.25) is 0 Å². The Bertz CT molecular complexity index is 1900. The largest absolute Gasteiger partial charge is 0.494 e. The molecule has 0 saturated carbocycles. The number of aliphatic hydroxyl groups is 1. The zero-order valence-corrected chi connectivity index (χ0v) is 30.3. The highest BCUT2D eigenvalue weighted by atomic mass is 32.2. The van der Waals surface area contributed by atoms with Gasteiger partial charge in [-0.15, -0.1) is 0 Å². The first kappa shape index (κ1) is 36.8. The molecule has 1 aliphatic rings. The van der Waals surface area contributed by atoms with E-state index in [1.54, 1.807) is 36.4 Å². The van der Waals surface area contributed by atoms with Crippen molar-refractivity contribution in [1.82, 2.24) is 4.90 Å². The molecule has 1 fully saturated rings. The molecule has 6 rings (SSSR count). The second-order valence-corrected chi connectivity index (χ2v) is 14.7. The maximum atomic E-state index is 13.0. The molecule has 52 heavy (non-hydrogen) atoms. The van der Waals surface area contributed by atoms with Gasteiger partial charge in [0.05, 0.1) is 11.5 Å². The van der Waals surface area contributed by atoms with Crippen molar-refractivity contribution in [2.45, 2.75) is 50.0 Å². The first-order chi connectivity index (χ1) is 25.3. The molecule has 272 valence electrons. The summed E-state index contributed by atoms with van der Waals surface area (Å²) in [6, 6.07) is 41.9. The summed E-state index contributed by atoms with van der Waals surface area (Å²) in [4.78, 5) is 4.74. The SMILES string of the molecule is CCCCOc1ccc(S(=O)(=O)Nc2ccc(N3CC(N(Cc4ccccc4)C[C@H](O)COc4ccc(OCc5ccccc5)cc4)C3)cc2)cc1. The number of aliphatic hydroxyl groups excluding tert-OH is 1. The van der Waals surface area contributed by atoms with Gasteiger partial charge in [-0.05, 0) is 90.3 Å². The van der Waals surface area contributed by atoms with E-state index in [2.05, 4.69) is 33.6 Å². The number of benzene rings is 5. The quantitative estimate of drug-likeness (QED) is 0.0853. The smallest absolute Gasteiger partial charge is 0.261 e. The summed E-state index contributed by atoms with van der Waals surface area (Å²) in [7, 11) is -3.74. The van der Waals surface area contributed by atoms with E-state index < -0.39 is 16.1 Å². The number of anilines is 2. The fraction of sp³-hybridized carbons (Fsp3) is 0.286. The average Bonchev–Trinajstić information content (AvgIpc) is 3.15. The molecule has 0 aromatic heterocycles. The number of nitrogens with one attached hydrogen (secondary N) is 1. The van der Waals surface area contributed by atoms with Gasteiger partial charge in [0.1, 0.15) is 36.6 Å². The Morgan fingerprint density at radius 3 is 1.96 bits per heavy atom. The molecule has 0 amide bonds. The summed E-state index contributed by atoms with van der Waals surface area (Å²) in [5.74, 6) is 2.08. The topological polar surface area (TPSA) is 101 Å². The van der Waals surface area contributed by atoms with Gasteiger partial charge in [-0.1, -0.05) is 74.0 Å². The standard InChI is InChI=1S/C42H47N3O6S/c1-2-3-26-49-39-22-24-42(25-23-39)52(47,48)43-35-14-16-36(17-15-35)45-28-37(29-45)44(27-33-10-6-4-7-11-33)30-38(46)32-51-41-20-18-40(19-21-41)50-31-34-12-8-5-9-13-34/h4-25,37-38,43,46H,2-3,26-32H2,1H3/t38-/m0/s1. The van der Waals surface area contributed by atoms with Crippen molar-refractivity contribution in [3.05, 3.63) is 145 Å². The monoisotopic (exact) mass is 721 g/mol. The summed E-state index contributed by atoms with van der Waals surface area (Å²) in [6.45, 7) is 6.08. The predicted octanol–water partition coefficient (Wildman–Crippen LogP) is 7.38. The Labute approximate surface area is 307 Å². The van der Waals surface area contributed by atoms with Crippen LogP contribution in [0.15, 0.2) is 138 Å². The molecule has 5 aromatic carbocycles.